The van der Waals surface area contributed by atoms with Gasteiger partial charge in [-0.05, 0) is 44.5 Å². The predicted molar refractivity (Wildman–Crippen MR) is 94.3 cm³/mol. The molecule has 2 aromatic rings. The molecule has 0 saturated heterocycles. The van der Waals surface area contributed by atoms with Crippen LogP contribution in [0, 0.1) is 6.92 Å². The highest BCUT2D eigenvalue weighted by molar-refractivity contribution is 7.87. The highest BCUT2D eigenvalue weighted by Crippen LogP contribution is 2.30. The van der Waals surface area contributed by atoms with Gasteiger partial charge in [0.2, 0.25) is 0 Å². The SMILES string of the molecule is COc1cc(OC)cc(OS(=O)(=O)c2ccc(OC(C)C)c(C)c2)c1. The first-order chi connectivity index (χ1) is 11.7. The van der Waals surface area contributed by atoms with Crippen molar-refractivity contribution in [3.8, 4) is 23.0 Å². The Hall–Kier alpha value is -2.41. The van der Waals surface area contributed by atoms with E-state index in [0.29, 0.717) is 22.8 Å². The molecule has 0 spiro atoms. The number of hydrogen-bond acceptors (Lipinski definition) is 6. The Kier molecular flexibility index (Phi) is 5.79. The van der Waals surface area contributed by atoms with E-state index in [0.717, 1.165) is 0 Å². The van der Waals surface area contributed by atoms with E-state index in [1.807, 2.05) is 13.8 Å². The van der Waals surface area contributed by atoms with Gasteiger partial charge in [0.05, 0.1) is 20.3 Å². The van der Waals surface area contributed by atoms with Gasteiger partial charge in [-0.1, -0.05) is 0 Å². The Morgan fingerprint density at radius 2 is 1.44 bits per heavy atom. The lowest BCUT2D eigenvalue weighted by Crippen LogP contribution is -2.11. The first-order valence-electron chi connectivity index (χ1n) is 7.70. The molecule has 0 N–H and O–H groups in total. The summed E-state index contributed by atoms with van der Waals surface area (Å²) in [6.45, 7) is 5.60. The van der Waals surface area contributed by atoms with Crippen molar-refractivity contribution in [1.29, 1.82) is 0 Å². The molecule has 2 rings (SSSR count). The van der Waals surface area contributed by atoms with E-state index in [-0.39, 0.29) is 16.7 Å². The maximum absolute atomic E-state index is 12.5. The number of ether oxygens (including phenoxy) is 3. The first-order valence-corrected chi connectivity index (χ1v) is 9.11. The average Bonchev–Trinajstić information content (AvgIpc) is 2.55. The minimum Gasteiger partial charge on any atom is -0.496 e. The molecule has 7 heteroatoms. The zero-order valence-corrected chi connectivity index (χ0v) is 15.7. The largest absolute Gasteiger partial charge is 0.496 e. The monoisotopic (exact) mass is 366 g/mol. The second-order valence-corrected chi connectivity index (χ2v) is 7.23. The van der Waals surface area contributed by atoms with Crippen LogP contribution < -0.4 is 18.4 Å². The van der Waals surface area contributed by atoms with Gasteiger partial charge in [-0.25, -0.2) is 0 Å². The zero-order valence-electron chi connectivity index (χ0n) is 14.9. The fourth-order valence-electron chi connectivity index (χ4n) is 2.17. The summed E-state index contributed by atoms with van der Waals surface area (Å²) in [5.74, 6) is 1.61. The van der Waals surface area contributed by atoms with Crippen LogP contribution >= 0.6 is 0 Å². The Balaban J connectivity index is 2.32. The summed E-state index contributed by atoms with van der Waals surface area (Å²) in [6, 6.07) is 9.17. The van der Waals surface area contributed by atoms with Crippen molar-refractivity contribution in [3.63, 3.8) is 0 Å². The molecule has 0 unspecified atom stereocenters. The third-order valence-corrected chi connectivity index (χ3v) is 4.57. The van der Waals surface area contributed by atoms with Crippen molar-refractivity contribution in [1.82, 2.24) is 0 Å². The number of rotatable bonds is 7. The summed E-state index contributed by atoms with van der Waals surface area (Å²) in [6.07, 6.45) is 0.00153. The lowest BCUT2D eigenvalue weighted by Gasteiger charge is -2.14. The molecule has 0 atom stereocenters. The Morgan fingerprint density at radius 3 is 1.92 bits per heavy atom. The van der Waals surface area contributed by atoms with Gasteiger partial charge >= 0.3 is 10.1 Å². The molecule has 0 saturated carbocycles. The van der Waals surface area contributed by atoms with Crippen molar-refractivity contribution in [2.45, 2.75) is 31.8 Å². The van der Waals surface area contributed by atoms with E-state index in [9.17, 15) is 8.42 Å². The molecule has 0 fully saturated rings. The number of aryl methyl sites for hydroxylation is 1. The van der Waals surface area contributed by atoms with E-state index in [1.165, 1.54) is 38.5 Å². The summed E-state index contributed by atoms with van der Waals surface area (Å²) in [4.78, 5) is 0.0443. The van der Waals surface area contributed by atoms with Gasteiger partial charge in [0, 0.05) is 18.2 Å². The fraction of sp³-hybridized carbons (Fsp3) is 0.333. The number of hydrogen-bond donors (Lipinski definition) is 0. The van der Waals surface area contributed by atoms with Crippen molar-refractivity contribution in [3.05, 3.63) is 42.0 Å². The van der Waals surface area contributed by atoms with Crippen LogP contribution in [0.15, 0.2) is 41.3 Å². The van der Waals surface area contributed by atoms with E-state index in [1.54, 1.807) is 19.1 Å². The highest BCUT2D eigenvalue weighted by Gasteiger charge is 2.19. The standard InChI is InChI=1S/C18H22O6S/c1-12(2)23-18-7-6-17(8-13(18)3)25(19,20)24-16-10-14(21-4)9-15(11-16)22-5/h6-12H,1-5H3. The van der Waals surface area contributed by atoms with Crippen LogP contribution in [0.5, 0.6) is 23.0 Å². The number of benzene rings is 2. The van der Waals surface area contributed by atoms with Crippen LogP contribution in [0.2, 0.25) is 0 Å². The van der Waals surface area contributed by atoms with E-state index in [2.05, 4.69) is 0 Å². The summed E-state index contributed by atoms with van der Waals surface area (Å²) >= 11 is 0. The zero-order chi connectivity index (χ0) is 18.6. The van der Waals surface area contributed by atoms with E-state index >= 15 is 0 Å². The summed E-state index contributed by atoms with van der Waals surface area (Å²) < 4.78 is 46.2. The molecule has 0 aliphatic rings. The van der Waals surface area contributed by atoms with Crippen LogP contribution in [-0.2, 0) is 10.1 Å². The third kappa shape index (κ3) is 4.79. The van der Waals surface area contributed by atoms with Gasteiger partial charge in [0.15, 0.2) is 0 Å². The molecule has 0 amide bonds. The Morgan fingerprint density at radius 1 is 0.880 bits per heavy atom. The Bertz CT molecular complexity index is 820. The van der Waals surface area contributed by atoms with Gasteiger partial charge in [-0.2, -0.15) is 8.42 Å². The molecule has 0 aromatic heterocycles. The Labute approximate surface area is 148 Å². The van der Waals surface area contributed by atoms with Crippen molar-refractivity contribution >= 4 is 10.1 Å². The molecule has 0 aliphatic carbocycles. The van der Waals surface area contributed by atoms with Crippen LogP contribution in [0.1, 0.15) is 19.4 Å². The molecule has 136 valence electrons. The normalized spacial score (nSPS) is 11.3. The molecule has 6 nitrogen and oxygen atoms in total. The van der Waals surface area contributed by atoms with Crippen LogP contribution in [0.4, 0.5) is 0 Å². The van der Waals surface area contributed by atoms with Gasteiger partial charge in [0.25, 0.3) is 0 Å². The average molecular weight is 366 g/mol. The minimum atomic E-state index is -4.00. The maximum atomic E-state index is 12.5. The molecule has 0 bridgehead atoms. The third-order valence-electron chi connectivity index (χ3n) is 3.33. The maximum Gasteiger partial charge on any atom is 0.339 e. The predicted octanol–water partition coefficient (Wildman–Crippen LogP) is 3.57. The van der Waals surface area contributed by atoms with Crippen molar-refractivity contribution < 1.29 is 26.8 Å². The van der Waals surface area contributed by atoms with E-state index < -0.39 is 10.1 Å². The lowest BCUT2D eigenvalue weighted by atomic mass is 10.2. The minimum absolute atomic E-state index is 0.00153. The summed E-state index contributed by atoms with van der Waals surface area (Å²) in [5.41, 5.74) is 0.710. The number of methoxy groups -OCH3 is 2. The fourth-order valence-corrected chi connectivity index (χ4v) is 3.17. The molecule has 0 radical (unpaired) electrons. The molecule has 0 aliphatic heterocycles. The topological polar surface area (TPSA) is 71.1 Å². The highest BCUT2D eigenvalue weighted by atomic mass is 32.2. The van der Waals surface area contributed by atoms with Crippen molar-refractivity contribution in [2.24, 2.45) is 0 Å². The van der Waals surface area contributed by atoms with Gasteiger partial charge < -0.3 is 18.4 Å². The first kappa shape index (κ1) is 18.9. The molecule has 0 heterocycles. The molecule has 2 aromatic carbocycles. The second-order valence-electron chi connectivity index (χ2n) is 5.68. The molecular weight excluding hydrogens is 344 g/mol. The van der Waals surface area contributed by atoms with Crippen LogP contribution in [-0.4, -0.2) is 28.7 Å². The van der Waals surface area contributed by atoms with Gasteiger partial charge in [-0.3, -0.25) is 0 Å². The van der Waals surface area contributed by atoms with Crippen LogP contribution in [0.25, 0.3) is 0 Å². The van der Waals surface area contributed by atoms with Gasteiger partial charge in [0.1, 0.15) is 27.9 Å². The van der Waals surface area contributed by atoms with Crippen LogP contribution in [0.3, 0.4) is 0 Å². The smallest absolute Gasteiger partial charge is 0.339 e. The van der Waals surface area contributed by atoms with Gasteiger partial charge in [-0.15, -0.1) is 0 Å². The summed E-state index contributed by atoms with van der Waals surface area (Å²) in [7, 11) is -1.05. The van der Waals surface area contributed by atoms with E-state index in [4.69, 9.17) is 18.4 Å². The summed E-state index contributed by atoms with van der Waals surface area (Å²) in [5, 5.41) is 0. The van der Waals surface area contributed by atoms with Crippen molar-refractivity contribution in [2.75, 3.05) is 14.2 Å². The molecule has 25 heavy (non-hydrogen) atoms. The second kappa shape index (κ2) is 7.65. The quantitative estimate of drug-likeness (QED) is 0.698. The lowest BCUT2D eigenvalue weighted by molar-refractivity contribution is 0.240. The molecular formula is C18H22O6S.